The van der Waals surface area contributed by atoms with Crippen LogP contribution in [0.1, 0.15) is 25.8 Å². The molecule has 0 spiro atoms. The minimum atomic E-state index is -3.04. The summed E-state index contributed by atoms with van der Waals surface area (Å²) in [6.07, 6.45) is 1.19. The van der Waals surface area contributed by atoms with E-state index in [0.29, 0.717) is 13.0 Å². The highest BCUT2D eigenvalue weighted by Crippen LogP contribution is 2.23. The largest absolute Gasteiger partial charge is 0.497 e. The predicted molar refractivity (Wildman–Crippen MR) is 90.3 cm³/mol. The molecule has 1 aromatic rings. The fourth-order valence-electron chi connectivity index (χ4n) is 3.12. The van der Waals surface area contributed by atoms with Gasteiger partial charge in [0.25, 0.3) is 0 Å². The molecular weight excluding hydrogens is 314 g/mol. The average Bonchev–Trinajstić information content (AvgIpc) is 2.89. The van der Waals surface area contributed by atoms with Gasteiger partial charge in [0.2, 0.25) is 5.91 Å². The molecular formula is C17H25NO4S. The van der Waals surface area contributed by atoms with Gasteiger partial charge in [-0.25, -0.2) is 8.42 Å². The molecule has 1 aliphatic heterocycles. The van der Waals surface area contributed by atoms with Crippen molar-refractivity contribution in [2.24, 2.45) is 5.92 Å². The van der Waals surface area contributed by atoms with Crippen LogP contribution < -0.4 is 4.74 Å². The number of ether oxygens (including phenoxy) is 1. The Labute approximate surface area is 138 Å². The number of sulfone groups is 1. The summed E-state index contributed by atoms with van der Waals surface area (Å²) in [5.74, 6) is 0.527. The van der Waals surface area contributed by atoms with E-state index in [-0.39, 0.29) is 29.4 Å². The number of carbonyl (C=O) groups is 1. The molecule has 5 nitrogen and oxygen atoms in total. The zero-order valence-electron chi connectivity index (χ0n) is 14.0. The molecule has 6 heteroatoms. The zero-order valence-corrected chi connectivity index (χ0v) is 14.8. The van der Waals surface area contributed by atoms with Crippen molar-refractivity contribution in [2.75, 3.05) is 25.2 Å². The third kappa shape index (κ3) is 4.47. The van der Waals surface area contributed by atoms with E-state index < -0.39 is 9.84 Å². The second-order valence-corrected chi connectivity index (χ2v) is 8.35. The maximum atomic E-state index is 12.6. The minimum absolute atomic E-state index is 0.00239. The summed E-state index contributed by atoms with van der Waals surface area (Å²) >= 11 is 0. The van der Waals surface area contributed by atoms with Crippen LogP contribution in [-0.2, 0) is 21.1 Å². The quantitative estimate of drug-likeness (QED) is 0.794. The first-order chi connectivity index (χ1) is 10.9. The maximum absolute atomic E-state index is 12.6. The Bertz CT molecular complexity index is 639. The van der Waals surface area contributed by atoms with Gasteiger partial charge in [0.1, 0.15) is 5.75 Å². The molecule has 2 atom stereocenters. The Hall–Kier alpha value is -1.56. The van der Waals surface area contributed by atoms with Crippen molar-refractivity contribution in [3.63, 3.8) is 0 Å². The first-order valence-electron chi connectivity index (χ1n) is 8.00. The molecule has 1 saturated heterocycles. The molecule has 2 rings (SSSR count). The van der Waals surface area contributed by atoms with Gasteiger partial charge in [0, 0.05) is 12.6 Å². The molecule has 0 aromatic heterocycles. The standard InChI is InChI=1S/C17H25NO4S/c1-4-18(17(19)15-9-10-23(20,21)12-15)13(2)11-14-5-7-16(22-3)8-6-14/h5-8,13,15H,4,9-12H2,1-3H3/t13-,15+/m0/s1. The zero-order chi connectivity index (χ0) is 17.0. The normalized spacial score (nSPS) is 20.9. The molecule has 23 heavy (non-hydrogen) atoms. The average molecular weight is 339 g/mol. The number of benzene rings is 1. The highest BCUT2D eigenvalue weighted by atomic mass is 32.2. The Morgan fingerprint density at radius 3 is 2.48 bits per heavy atom. The highest BCUT2D eigenvalue weighted by Gasteiger charge is 2.36. The van der Waals surface area contributed by atoms with Crippen LogP contribution in [0.4, 0.5) is 0 Å². The lowest BCUT2D eigenvalue weighted by Crippen LogP contribution is -2.43. The van der Waals surface area contributed by atoms with Gasteiger partial charge in [-0.2, -0.15) is 0 Å². The Balaban J connectivity index is 2.02. The van der Waals surface area contributed by atoms with Crippen molar-refractivity contribution in [2.45, 2.75) is 32.7 Å². The molecule has 0 radical (unpaired) electrons. The number of hydrogen-bond acceptors (Lipinski definition) is 4. The molecule has 1 aliphatic rings. The van der Waals surface area contributed by atoms with Gasteiger partial charge in [0.15, 0.2) is 9.84 Å². The topological polar surface area (TPSA) is 63.7 Å². The number of methoxy groups -OCH3 is 1. The third-order valence-corrected chi connectivity index (χ3v) is 6.20. The van der Waals surface area contributed by atoms with Crippen LogP contribution in [-0.4, -0.2) is 50.4 Å². The van der Waals surface area contributed by atoms with Crippen LogP contribution in [0.5, 0.6) is 5.75 Å². The number of rotatable bonds is 6. The van der Waals surface area contributed by atoms with Crippen molar-refractivity contribution in [3.8, 4) is 5.75 Å². The van der Waals surface area contributed by atoms with E-state index in [1.165, 1.54) is 0 Å². The summed E-state index contributed by atoms with van der Waals surface area (Å²) in [6.45, 7) is 4.54. The van der Waals surface area contributed by atoms with E-state index in [9.17, 15) is 13.2 Å². The monoisotopic (exact) mass is 339 g/mol. The molecule has 0 N–H and O–H groups in total. The van der Waals surface area contributed by atoms with Gasteiger partial charge >= 0.3 is 0 Å². The van der Waals surface area contributed by atoms with E-state index in [1.807, 2.05) is 38.1 Å². The maximum Gasteiger partial charge on any atom is 0.226 e. The highest BCUT2D eigenvalue weighted by molar-refractivity contribution is 7.91. The molecule has 128 valence electrons. The van der Waals surface area contributed by atoms with Crippen molar-refractivity contribution in [1.29, 1.82) is 0 Å². The van der Waals surface area contributed by atoms with Gasteiger partial charge < -0.3 is 9.64 Å². The number of nitrogens with zero attached hydrogens (tertiary/aromatic N) is 1. The molecule has 0 bridgehead atoms. The molecule has 0 saturated carbocycles. The molecule has 0 aliphatic carbocycles. The van der Waals surface area contributed by atoms with Gasteiger partial charge in [-0.05, 0) is 44.4 Å². The number of likely N-dealkylation sites (N-methyl/N-ethyl adjacent to an activating group) is 1. The molecule has 0 unspecified atom stereocenters. The molecule has 1 amide bonds. The molecule has 1 fully saturated rings. The Morgan fingerprint density at radius 2 is 2.00 bits per heavy atom. The third-order valence-electron chi connectivity index (χ3n) is 4.43. The fourth-order valence-corrected chi connectivity index (χ4v) is 4.85. The Morgan fingerprint density at radius 1 is 1.35 bits per heavy atom. The summed E-state index contributed by atoms with van der Waals surface area (Å²) < 4.78 is 28.3. The van der Waals surface area contributed by atoms with Crippen LogP contribution in [0.25, 0.3) is 0 Å². The Kier molecular flexibility index (Phi) is 5.68. The van der Waals surface area contributed by atoms with Gasteiger partial charge in [-0.3, -0.25) is 4.79 Å². The summed E-state index contributed by atoms with van der Waals surface area (Å²) in [6, 6.07) is 7.83. The van der Waals surface area contributed by atoms with Crippen LogP contribution >= 0.6 is 0 Å². The summed E-state index contributed by atoms with van der Waals surface area (Å²) in [5.41, 5.74) is 1.13. The van der Waals surface area contributed by atoms with Crippen LogP contribution in [0.15, 0.2) is 24.3 Å². The lowest BCUT2D eigenvalue weighted by atomic mass is 10.0. The van der Waals surface area contributed by atoms with Crippen molar-refractivity contribution < 1.29 is 17.9 Å². The predicted octanol–water partition coefficient (Wildman–Crippen LogP) is 1.91. The van der Waals surface area contributed by atoms with E-state index in [2.05, 4.69) is 0 Å². The van der Waals surface area contributed by atoms with Crippen LogP contribution in [0.3, 0.4) is 0 Å². The van der Waals surface area contributed by atoms with Crippen molar-refractivity contribution in [1.82, 2.24) is 4.90 Å². The van der Waals surface area contributed by atoms with E-state index in [4.69, 9.17) is 4.74 Å². The fraction of sp³-hybridized carbons (Fsp3) is 0.588. The second kappa shape index (κ2) is 7.34. The van der Waals surface area contributed by atoms with E-state index in [1.54, 1.807) is 12.0 Å². The summed E-state index contributed by atoms with van der Waals surface area (Å²) in [4.78, 5) is 14.4. The van der Waals surface area contributed by atoms with Crippen molar-refractivity contribution in [3.05, 3.63) is 29.8 Å². The lowest BCUT2D eigenvalue weighted by molar-refractivity contribution is -0.136. The smallest absolute Gasteiger partial charge is 0.226 e. The SMILES string of the molecule is CCN(C(=O)[C@@H]1CCS(=O)(=O)C1)[C@@H](C)Cc1ccc(OC)cc1. The first kappa shape index (κ1) is 17.8. The number of amides is 1. The summed E-state index contributed by atoms with van der Waals surface area (Å²) in [5, 5.41) is 0. The number of carbonyl (C=O) groups excluding carboxylic acids is 1. The number of hydrogen-bond donors (Lipinski definition) is 0. The van der Waals surface area contributed by atoms with E-state index >= 15 is 0 Å². The minimum Gasteiger partial charge on any atom is -0.497 e. The van der Waals surface area contributed by atoms with Gasteiger partial charge in [0.05, 0.1) is 24.5 Å². The van der Waals surface area contributed by atoms with Gasteiger partial charge in [-0.1, -0.05) is 12.1 Å². The first-order valence-corrected chi connectivity index (χ1v) is 9.82. The molecule has 1 heterocycles. The summed E-state index contributed by atoms with van der Waals surface area (Å²) in [7, 11) is -1.41. The van der Waals surface area contributed by atoms with Crippen LogP contribution in [0.2, 0.25) is 0 Å². The van der Waals surface area contributed by atoms with Crippen LogP contribution in [0, 0.1) is 5.92 Å². The van der Waals surface area contributed by atoms with Crippen molar-refractivity contribution >= 4 is 15.7 Å². The lowest BCUT2D eigenvalue weighted by Gasteiger charge is -2.30. The second-order valence-electron chi connectivity index (χ2n) is 6.13. The molecule has 1 aromatic carbocycles. The van der Waals surface area contributed by atoms with Gasteiger partial charge in [-0.15, -0.1) is 0 Å². The van der Waals surface area contributed by atoms with E-state index in [0.717, 1.165) is 17.7 Å².